The van der Waals surface area contributed by atoms with Gasteiger partial charge in [0, 0.05) is 0 Å². The molecule has 0 bridgehead atoms. The first kappa shape index (κ1) is 9.13. The molecule has 0 heterocycles. The van der Waals surface area contributed by atoms with Crippen LogP contribution in [0.2, 0.25) is 0 Å². The first-order valence-corrected chi connectivity index (χ1v) is 2.48. The van der Waals surface area contributed by atoms with E-state index in [-0.39, 0.29) is 0 Å². The maximum atomic E-state index is 11.3. The van der Waals surface area contributed by atoms with E-state index in [2.05, 4.69) is 0 Å². The molecule has 0 amide bonds. The van der Waals surface area contributed by atoms with Gasteiger partial charge in [-0.25, -0.2) is 0 Å². The summed E-state index contributed by atoms with van der Waals surface area (Å²) in [6.07, 6.45) is -6.01. The molecule has 0 saturated carbocycles. The van der Waals surface area contributed by atoms with Crippen molar-refractivity contribution in [1.82, 2.24) is 0 Å². The van der Waals surface area contributed by atoms with Crippen molar-refractivity contribution in [1.29, 1.82) is 5.41 Å². The number of hydrogen-bond acceptors (Lipinski definition) is 2. The van der Waals surface area contributed by atoms with E-state index in [0.29, 0.717) is 0 Å². The standard InChI is InChI=1S/C5H6F3NO/c1-3(9)4(10)2-5(6,7)8/h9H,2H2,1H3. The average molecular weight is 153 g/mol. The number of hydrogen-bond donors (Lipinski definition) is 1. The third-order valence-corrected chi connectivity index (χ3v) is 0.779. The van der Waals surface area contributed by atoms with E-state index < -0.39 is 24.1 Å². The van der Waals surface area contributed by atoms with Crippen LogP contribution in [-0.4, -0.2) is 17.7 Å². The van der Waals surface area contributed by atoms with Crippen molar-refractivity contribution in [2.75, 3.05) is 0 Å². The van der Waals surface area contributed by atoms with Crippen LogP contribution < -0.4 is 0 Å². The van der Waals surface area contributed by atoms with Gasteiger partial charge in [0.05, 0.1) is 5.71 Å². The highest BCUT2D eigenvalue weighted by Gasteiger charge is 2.31. The molecule has 0 aliphatic carbocycles. The van der Waals surface area contributed by atoms with Gasteiger partial charge in [0.15, 0.2) is 5.78 Å². The number of halogens is 3. The van der Waals surface area contributed by atoms with E-state index in [1.54, 1.807) is 0 Å². The normalized spacial score (nSPS) is 11.2. The van der Waals surface area contributed by atoms with Crippen LogP contribution in [0, 0.1) is 5.41 Å². The van der Waals surface area contributed by atoms with Crippen LogP contribution in [0.15, 0.2) is 0 Å². The molecule has 0 spiro atoms. The highest BCUT2D eigenvalue weighted by molar-refractivity contribution is 6.37. The summed E-state index contributed by atoms with van der Waals surface area (Å²) in [5.41, 5.74) is -0.558. The lowest BCUT2D eigenvalue weighted by Crippen LogP contribution is -2.19. The van der Waals surface area contributed by atoms with E-state index in [1.165, 1.54) is 0 Å². The van der Waals surface area contributed by atoms with Crippen molar-refractivity contribution in [3.8, 4) is 0 Å². The maximum Gasteiger partial charge on any atom is 0.396 e. The lowest BCUT2D eigenvalue weighted by atomic mass is 10.2. The van der Waals surface area contributed by atoms with Crippen molar-refractivity contribution >= 4 is 11.5 Å². The Kier molecular flexibility index (Phi) is 2.56. The van der Waals surface area contributed by atoms with Crippen LogP contribution >= 0.6 is 0 Å². The van der Waals surface area contributed by atoms with Gasteiger partial charge in [-0.15, -0.1) is 0 Å². The fourth-order valence-corrected chi connectivity index (χ4v) is 0.315. The third kappa shape index (κ3) is 4.05. The Morgan fingerprint density at radius 1 is 1.50 bits per heavy atom. The molecule has 0 radical (unpaired) electrons. The second-order valence-electron chi connectivity index (χ2n) is 1.84. The predicted octanol–water partition coefficient (Wildman–Crippen LogP) is 1.55. The third-order valence-electron chi connectivity index (χ3n) is 0.779. The van der Waals surface area contributed by atoms with Crippen molar-refractivity contribution in [2.24, 2.45) is 0 Å². The number of alkyl halides is 3. The fraction of sp³-hybridized carbons (Fsp3) is 0.600. The Balaban J connectivity index is 3.93. The molecule has 0 aliphatic heterocycles. The summed E-state index contributed by atoms with van der Waals surface area (Å²) >= 11 is 0. The molecule has 0 unspecified atom stereocenters. The molecule has 0 fully saturated rings. The largest absolute Gasteiger partial charge is 0.396 e. The van der Waals surface area contributed by atoms with Crippen molar-refractivity contribution in [3.05, 3.63) is 0 Å². The molecule has 0 rings (SSSR count). The molecule has 58 valence electrons. The van der Waals surface area contributed by atoms with Gasteiger partial charge in [0.2, 0.25) is 0 Å². The van der Waals surface area contributed by atoms with Gasteiger partial charge in [-0.05, 0) is 6.92 Å². The highest BCUT2D eigenvalue weighted by atomic mass is 19.4. The van der Waals surface area contributed by atoms with E-state index in [4.69, 9.17) is 5.41 Å². The average Bonchev–Trinajstić information content (AvgIpc) is 1.60. The molecule has 0 aliphatic rings. The van der Waals surface area contributed by atoms with Crippen LogP contribution in [-0.2, 0) is 4.79 Å². The zero-order chi connectivity index (χ0) is 8.36. The minimum absolute atomic E-state index is 0.558. The SMILES string of the molecule is CC(=N)C(=O)CC(F)(F)F. The molecule has 5 heteroatoms. The minimum atomic E-state index is -4.49. The molecule has 0 atom stereocenters. The van der Waals surface area contributed by atoms with Crippen molar-refractivity contribution in [2.45, 2.75) is 19.5 Å². The molecule has 0 saturated heterocycles. The summed E-state index contributed by atoms with van der Waals surface area (Å²) in [7, 11) is 0. The Morgan fingerprint density at radius 2 is 1.90 bits per heavy atom. The van der Waals surface area contributed by atoms with Gasteiger partial charge in [0.25, 0.3) is 0 Å². The smallest absolute Gasteiger partial charge is 0.302 e. The zero-order valence-electron chi connectivity index (χ0n) is 5.25. The van der Waals surface area contributed by atoms with Crippen molar-refractivity contribution in [3.63, 3.8) is 0 Å². The summed E-state index contributed by atoms with van der Waals surface area (Å²) in [5.74, 6) is -1.17. The minimum Gasteiger partial charge on any atom is -0.302 e. The van der Waals surface area contributed by atoms with Gasteiger partial charge >= 0.3 is 6.18 Å². The van der Waals surface area contributed by atoms with Gasteiger partial charge in [-0.3, -0.25) is 4.79 Å². The molecule has 1 N–H and O–H groups in total. The highest BCUT2D eigenvalue weighted by Crippen LogP contribution is 2.19. The van der Waals surface area contributed by atoms with Crippen LogP contribution in [0.25, 0.3) is 0 Å². The van der Waals surface area contributed by atoms with Crippen LogP contribution in [0.4, 0.5) is 13.2 Å². The first-order chi connectivity index (χ1) is 4.33. The molecular weight excluding hydrogens is 147 g/mol. The Bertz CT molecular complexity index is 161. The number of carbonyl (C=O) groups excluding carboxylic acids is 1. The fourth-order valence-electron chi connectivity index (χ4n) is 0.315. The Labute approximate surface area is 55.5 Å². The summed E-state index contributed by atoms with van der Waals surface area (Å²) in [6.45, 7) is 1.04. The lowest BCUT2D eigenvalue weighted by molar-refractivity contribution is -0.147. The van der Waals surface area contributed by atoms with E-state index >= 15 is 0 Å². The summed E-state index contributed by atoms with van der Waals surface area (Å²) < 4.78 is 34.0. The Hall–Kier alpha value is -0.870. The number of Topliss-reactive ketones (excluding diaryl/α,β-unsaturated/α-hetero) is 1. The number of nitrogens with one attached hydrogen (secondary N) is 1. The molecular formula is C5H6F3NO. The van der Waals surface area contributed by atoms with Crippen LogP contribution in [0.5, 0.6) is 0 Å². The summed E-state index contributed by atoms with van der Waals surface area (Å²) in [5, 5.41) is 6.53. The van der Waals surface area contributed by atoms with Crippen molar-refractivity contribution < 1.29 is 18.0 Å². The molecule has 10 heavy (non-hydrogen) atoms. The molecule has 0 aromatic carbocycles. The first-order valence-electron chi connectivity index (χ1n) is 2.48. The predicted molar refractivity (Wildman–Crippen MR) is 29.1 cm³/mol. The summed E-state index contributed by atoms with van der Waals surface area (Å²) in [4.78, 5) is 10.2. The number of ketones is 1. The lowest BCUT2D eigenvalue weighted by Gasteiger charge is -2.02. The van der Waals surface area contributed by atoms with Crippen LogP contribution in [0.3, 0.4) is 0 Å². The zero-order valence-corrected chi connectivity index (χ0v) is 5.25. The summed E-state index contributed by atoms with van der Waals surface area (Å²) in [6, 6.07) is 0. The van der Waals surface area contributed by atoms with E-state index in [0.717, 1.165) is 6.92 Å². The second kappa shape index (κ2) is 2.81. The number of rotatable bonds is 2. The molecule has 0 aromatic rings. The molecule has 2 nitrogen and oxygen atoms in total. The second-order valence-corrected chi connectivity index (χ2v) is 1.84. The van der Waals surface area contributed by atoms with Crippen LogP contribution in [0.1, 0.15) is 13.3 Å². The van der Waals surface area contributed by atoms with Gasteiger partial charge in [0.1, 0.15) is 6.42 Å². The molecule has 0 aromatic heterocycles. The van der Waals surface area contributed by atoms with E-state index in [9.17, 15) is 18.0 Å². The van der Waals surface area contributed by atoms with E-state index in [1.807, 2.05) is 0 Å². The topological polar surface area (TPSA) is 40.9 Å². The maximum absolute atomic E-state index is 11.3. The van der Waals surface area contributed by atoms with Gasteiger partial charge in [-0.2, -0.15) is 13.2 Å². The quantitative estimate of drug-likeness (QED) is 0.600. The monoisotopic (exact) mass is 153 g/mol. The number of carbonyl (C=O) groups is 1. The van der Waals surface area contributed by atoms with Gasteiger partial charge < -0.3 is 5.41 Å². The Morgan fingerprint density at radius 3 is 2.00 bits per heavy atom. The van der Waals surface area contributed by atoms with Gasteiger partial charge in [-0.1, -0.05) is 0 Å².